The standard InChI is InChI=1S/C12H17NO3S/c1-14-12-5-9(6-13-15-2)3-4-11(12)16-10-7-17-8-10/h3-5,10,13H,6-8H2,1-2H3. The largest absolute Gasteiger partial charge is 0.493 e. The van der Waals surface area contributed by atoms with Crippen molar-refractivity contribution in [2.45, 2.75) is 12.6 Å². The third-order valence-corrected chi connectivity index (χ3v) is 3.76. The summed E-state index contributed by atoms with van der Waals surface area (Å²) >= 11 is 1.90. The molecular formula is C12H17NO3S. The van der Waals surface area contributed by atoms with Crippen molar-refractivity contribution in [3.8, 4) is 11.5 Å². The van der Waals surface area contributed by atoms with E-state index < -0.39 is 0 Å². The molecule has 0 aromatic heterocycles. The van der Waals surface area contributed by atoms with Crippen molar-refractivity contribution >= 4 is 11.8 Å². The van der Waals surface area contributed by atoms with Gasteiger partial charge in [0.1, 0.15) is 6.10 Å². The van der Waals surface area contributed by atoms with E-state index in [0.29, 0.717) is 12.6 Å². The molecule has 1 aliphatic heterocycles. The van der Waals surface area contributed by atoms with Crippen molar-refractivity contribution in [3.05, 3.63) is 23.8 Å². The predicted molar refractivity (Wildman–Crippen MR) is 68.6 cm³/mol. The molecule has 0 bridgehead atoms. The van der Waals surface area contributed by atoms with E-state index >= 15 is 0 Å². The summed E-state index contributed by atoms with van der Waals surface area (Å²) in [6.45, 7) is 0.645. The summed E-state index contributed by atoms with van der Waals surface area (Å²) in [7, 11) is 3.26. The molecule has 0 amide bonds. The SMILES string of the molecule is CONCc1ccc(OC2CSC2)c(OC)c1. The molecule has 0 aliphatic carbocycles. The first-order valence-electron chi connectivity index (χ1n) is 5.50. The Bertz CT molecular complexity index is 369. The summed E-state index contributed by atoms with van der Waals surface area (Å²) in [6.07, 6.45) is 0.330. The molecule has 94 valence electrons. The zero-order valence-corrected chi connectivity index (χ0v) is 10.9. The van der Waals surface area contributed by atoms with Crippen molar-refractivity contribution in [1.82, 2.24) is 5.48 Å². The van der Waals surface area contributed by atoms with E-state index in [1.165, 1.54) is 0 Å². The fourth-order valence-electron chi connectivity index (χ4n) is 1.54. The second-order valence-corrected chi connectivity index (χ2v) is 4.86. The van der Waals surface area contributed by atoms with Crippen molar-refractivity contribution in [1.29, 1.82) is 0 Å². The topological polar surface area (TPSA) is 39.7 Å². The number of rotatable bonds is 6. The molecule has 2 rings (SSSR count). The minimum absolute atomic E-state index is 0.330. The molecule has 1 N–H and O–H groups in total. The van der Waals surface area contributed by atoms with Gasteiger partial charge in [-0.05, 0) is 17.7 Å². The van der Waals surface area contributed by atoms with E-state index in [4.69, 9.17) is 14.3 Å². The second-order valence-electron chi connectivity index (χ2n) is 3.79. The van der Waals surface area contributed by atoms with Crippen LogP contribution in [-0.2, 0) is 11.4 Å². The van der Waals surface area contributed by atoms with Gasteiger partial charge in [-0.25, -0.2) is 0 Å². The summed E-state index contributed by atoms with van der Waals surface area (Å²) < 4.78 is 11.2. The molecule has 1 aromatic rings. The Kier molecular flexibility index (Phi) is 4.53. The molecule has 1 aromatic carbocycles. The van der Waals surface area contributed by atoms with E-state index in [-0.39, 0.29) is 0 Å². The maximum atomic E-state index is 5.83. The summed E-state index contributed by atoms with van der Waals surface area (Å²) in [6, 6.07) is 5.93. The first-order valence-corrected chi connectivity index (χ1v) is 6.66. The van der Waals surface area contributed by atoms with Crippen molar-refractivity contribution in [2.75, 3.05) is 25.7 Å². The van der Waals surface area contributed by atoms with Gasteiger partial charge in [-0.1, -0.05) is 6.07 Å². The first kappa shape index (κ1) is 12.5. The number of methoxy groups -OCH3 is 1. The lowest BCUT2D eigenvalue weighted by molar-refractivity contribution is 0.0866. The van der Waals surface area contributed by atoms with Gasteiger partial charge < -0.3 is 14.3 Å². The van der Waals surface area contributed by atoms with Crippen molar-refractivity contribution in [2.24, 2.45) is 0 Å². The number of benzene rings is 1. The van der Waals surface area contributed by atoms with Crippen LogP contribution in [0.15, 0.2) is 18.2 Å². The Morgan fingerprint density at radius 1 is 1.29 bits per heavy atom. The van der Waals surface area contributed by atoms with Crippen LogP contribution in [0.4, 0.5) is 0 Å². The Hall–Kier alpha value is -0.910. The van der Waals surface area contributed by atoms with Crippen LogP contribution >= 0.6 is 11.8 Å². The third kappa shape index (κ3) is 3.28. The van der Waals surface area contributed by atoms with Crippen LogP contribution in [0.5, 0.6) is 11.5 Å². The molecular weight excluding hydrogens is 238 g/mol. The number of hydrogen-bond acceptors (Lipinski definition) is 5. The Morgan fingerprint density at radius 2 is 2.12 bits per heavy atom. The minimum atomic E-state index is 0.330. The summed E-state index contributed by atoms with van der Waals surface area (Å²) in [4.78, 5) is 4.82. The van der Waals surface area contributed by atoms with Gasteiger partial charge in [-0.3, -0.25) is 0 Å². The average Bonchev–Trinajstić information content (AvgIpc) is 2.31. The molecule has 17 heavy (non-hydrogen) atoms. The number of nitrogens with one attached hydrogen (secondary N) is 1. The second kappa shape index (κ2) is 6.14. The fraction of sp³-hybridized carbons (Fsp3) is 0.500. The van der Waals surface area contributed by atoms with Crippen molar-refractivity contribution in [3.63, 3.8) is 0 Å². The lowest BCUT2D eigenvalue weighted by atomic mass is 10.2. The Morgan fingerprint density at radius 3 is 2.71 bits per heavy atom. The van der Waals surface area contributed by atoms with E-state index in [0.717, 1.165) is 28.6 Å². The maximum absolute atomic E-state index is 5.83. The van der Waals surface area contributed by atoms with Gasteiger partial charge in [-0.2, -0.15) is 17.2 Å². The Labute approximate surface area is 106 Å². The molecule has 0 unspecified atom stereocenters. The quantitative estimate of drug-likeness (QED) is 0.785. The van der Waals surface area contributed by atoms with Gasteiger partial charge in [0.2, 0.25) is 0 Å². The highest BCUT2D eigenvalue weighted by Gasteiger charge is 2.21. The van der Waals surface area contributed by atoms with Crippen LogP contribution < -0.4 is 15.0 Å². The molecule has 1 saturated heterocycles. The van der Waals surface area contributed by atoms with Crippen LogP contribution in [0.2, 0.25) is 0 Å². The fourth-order valence-corrected chi connectivity index (χ4v) is 2.10. The van der Waals surface area contributed by atoms with Gasteiger partial charge in [0.25, 0.3) is 0 Å². The van der Waals surface area contributed by atoms with Crippen LogP contribution in [-0.4, -0.2) is 31.8 Å². The molecule has 0 radical (unpaired) electrons. The lowest BCUT2D eigenvalue weighted by Gasteiger charge is -2.26. The number of thioether (sulfide) groups is 1. The highest BCUT2D eigenvalue weighted by Crippen LogP contribution is 2.32. The zero-order valence-electron chi connectivity index (χ0n) is 10.1. The molecule has 5 heteroatoms. The van der Waals surface area contributed by atoms with Gasteiger partial charge in [0.15, 0.2) is 11.5 Å². The number of hydroxylamine groups is 1. The zero-order chi connectivity index (χ0) is 12.1. The molecule has 1 aliphatic rings. The van der Waals surface area contributed by atoms with E-state index in [2.05, 4.69) is 5.48 Å². The Balaban J connectivity index is 2.04. The molecule has 0 atom stereocenters. The van der Waals surface area contributed by atoms with Crippen LogP contribution in [0, 0.1) is 0 Å². The summed E-state index contributed by atoms with van der Waals surface area (Å²) in [5, 5.41) is 0. The third-order valence-electron chi connectivity index (χ3n) is 2.55. The molecule has 0 saturated carbocycles. The molecule has 1 fully saturated rings. The van der Waals surface area contributed by atoms with E-state index in [9.17, 15) is 0 Å². The van der Waals surface area contributed by atoms with Crippen LogP contribution in [0.3, 0.4) is 0 Å². The van der Waals surface area contributed by atoms with E-state index in [1.54, 1.807) is 14.2 Å². The van der Waals surface area contributed by atoms with E-state index in [1.807, 2.05) is 30.0 Å². The number of hydrogen-bond donors (Lipinski definition) is 1. The summed E-state index contributed by atoms with van der Waals surface area (Å²) in [5.74, 6) is 3.72. The first-order chi connectivity index (χ1) is 8.33. The van der Waals surface area contributed by atoms with Gasteiger partial charge in [-0.15, -0.1) is 0 Å². The minimum Gasteiger partial charge on any atom is -0.493 e. The monoisotopic (exact) mass is 255 g/mol. The predicted octanol–water partition coefficient (Wildman–Crippen LogP) is 1.84. The number of ether oxygens (including phenoxy) is 2. The van der Waals surface area contributed by atoms with Gasteiger partial charge in [0.05, 0.1) is 14.2 Å². The lowest BCUT2D eigenvalue weighted by Crippen LogP contribution is -2.31. The molecule has 4 nitrogen and oxygen atoms in total. The average molecular weight is 255 g/mol. The van der Waals surface area contributed by atoms with Crippen LogP contribution in [0.25, 0.3) is 0 Å². The molecule has 1 heterocycles. The summed E-state index contributed by atoms with van der Waals surface area (Å²) in [5.41, 5.74) is 3.90. The normalized spacial score (nSPS) is 15.4. The maximum Gasteiger partial charge on any atom is 0.161 e. The van der Waals surface area contributed by atoms with Crippen molar-refractivity contribution < 1.29 is 14.3 Å². The highest BCUT2D eigenvalue weighted by atomic mass is 32.2. The smallest absolute Gasteiger partial charge is 0.161 e. The van der Waals surface area contributed by atoms with Gasteiger partial charge >= 0.3 is 0 Å². The van der Waals surface area contributed by atoms with Crippen LogP contribution in [0.1, 0.15) is 5.56 Å². The molecule has 0 spiro atoms. The highest BCUT2D eigenvalue weighted by molar-refractivity contribution is 8.00. The van der Waals surface area contributed by atoms with Gasteiger partial charge in [0, 0.05) is 18.1 Å².